The summed E-state index contributed by atoms with van der Waals surface area (Å²) in [6, 6.07) is 6.39. The molecule has 0 unspecified atom stereocenters. The van der Waals surface area contributed by atoms with Crippen molar-refractivity contribution in [1.29, 1.82) is 0 Å². The van der Waals surface area contributed by atoms with Crippen molar-refractivity contribution in [2.75, 3.05) is 0 Å². The van der Waals surface area contributed by atoms with Crippen molar-refractivity contribution in [3.8, 4) is 0 Å². The maximum atomic E-state index is 4.69. The lowest BCUT2D eigenvalue weighted by Crippen LogP contribution is -1.92. The van der Waals surface area contributed by atoms with Crippen LogP contribution in [0.1, 0.15) is 24.6 Å². The lowest BCUT2D eigenvalue weighted by atomic mass is 10.1. The highest BCUT2D eigenvalue weighted by Gasteiger charge is 2.07. The third-order valence-electron chi connectivity index (χ3n) is 2.52. The summed E-state index contributed by atoms with van der Waals surface area (Å²) in [5.74, 6) is 0. The Morgan fingerprint density at radius 1 is 1.12 bits per heavy atom. The van der Waals surface area contributed by atoms with E-state index in [0.717, 1.165) is 33.0 Å². The molecule has 0 aliphatic rings. The largest absolute Gasteiger partial charge is 0.252 e. The summed E-state index contributed by atoms with van der Waals surface area (Å²) in [6.07, 6.45) is 2.14. The summed E-state index contributed by atoms with van der Waals surface area (Å²) in [5.41, 5.74) is 3.43. The molecule has 1 nitrogen and oxygen atoms in total. The van der Waals surface area contributed by atoms with Crippen LogP contribution in [0.4, 0.5) is 0 Å². The lowest BCUT2D eigenvalue weighted by Gasteiger charge is -2.07. The van der Waals surface area contributed by atoms with E-state index in [1.807, 2.05) is 0 Å². The lowest BCUT2D eigenvalue weighted by molar-refractivity contribution is 0.888. The number of benzene rings is 1. The zero-order valence-electron chi connectivity index (χ0n) is 9.35. The van der Waals surface area contributed by atoms with E-state index in [-0.39, 0.29) is 0 Å². The van der Waals surface area contributed by atoms with Crippen molar-refractivity contribution in [1.82, 2.24) is 4.98 Å². The highest BCUT2D eigenvalue weighted by molar-refractivity contribution is 9.11. The highest BCUT2D eigenvalue weighted by atomic mass is 79.9. The van der Waals surface area contributed by atoms with E-state index in [9.17, 15) is 0 Å². The van der Waals surface area contributed by atoms with Crippen LogP contribution in [0.2, 0.25) is 0 Å². The number of halogens is 2. The van der Waals surface area contributed by atoms with Crippen molar-refractivity contribution in [3.05, 3.63) is 38.4 Å². The fourth-order valence-corrected chi connectivity index (χ4v) is 3.04. The van der Waals surface area contributed by atoms with Crippen molar-refractivity contribution in [3.63, 3.8) is 0 Å². The van der Waals surface area contributed by atoms with Crippen LogP contribution in [0.25, 0.3) is 10.9 Å². The smallest absolute Gasteiger partial charge is 0.0858 e. The number of aromatic nitrogens is 1. The summed E-state index contributed by atoms with van der Waals surface area (Å²) in [4.78, 5) is 4.69. The number of hydrogen-bond acceptors (Lipinski definition) is 1. The fourth-order valence-electron chi connectivity index (χ4n) is 1.81. The SMILES string of the molecule is CCCc1cc(Br)c2cc(C)cc(Br)c2n1. The van der Waals surface area contributed by atoms with Gasteiger partial charge < -0.3 is 0 Å². The van der Waals surface area contributed by atoms with Gasteiger partial charge in [-0.25, -0.2) is 0 Å². The molecule has 0 radical (unpaired) electrons. The number of fused-ring (bicyclic) bond motifs is 1. The molecule has 16 heavy (non-hydrogen) atoms. The van der Waals surface area contributed by atoms with Crippen LogP contribution in [-0.4, -0.2) is 4.98 Å². The van der Waals surface area contributed by atoms with E-state index >= 15 is 0 Å². The Balaban J connectivity index is 2.71. The predicted octanol–water partition coefficient (Wildman–Crippen LogP) is 5.02. The second-order valence-electron chi connectivity index (χ2n) is 3.99. The Bertz CT molecular complexity index is 535. The van der Waals surface area contributed by atoms with Gasteiger partial charge in [-0.3, -0.25) is 4.98 Å². The molecule has 1 aromatic heterocycles. The third-order valence-corrected chi connectivity index (χ3v) is 3.78. The van der Waals surface area contributed by atoms with Crippen LogP contribution in [0.15, 0.2) is 27.1 Å². The second-order valence-corrected chi connectivity index (χ2v) is 5.70. The van der Waals surface area contributed by atoms with E-state index in [4.69, 9.17) is 0 Å². The minimum Gasteiger partial charge on any atom is -0.252 e. The summed E-state index contributed by atoms with van der Waals surface area (Å²) in [7, 11) is 0. The van der Waals surface area contributed by atoms with Crippen molar-refractivity contribution >= 4 is 42.8 Å². The fraction of sp³-hybridized carbons (Fsp3) is 0.308. The van der Waals surface area contributed by atoms with Gasteiger partial charge in [0.05, 0.1) is 5.52 Å². The van der Waals surface area contributed by atoms with Crippen LogP contribution >= 0.6 is 31.9 Å². The Labute approximate surface area is 113 Å². The quantitative estimate of drug-likeness (QED) is 0.746. The molecule has 0 aliphatic heterocycles. The topological polar surface area (TPSA) is 12.9 Å². The molecule has 0 N–H and O–H groups in total. The molecule has 0 amide bonds. The van der Waals surface area contributed by atoms with E-state index in [0.29, 0.717) is 0 Å². The molecule has 2 aromatic rings. The summed E-state index contributed by atoms with van der Waals surface area (Å²) >= 11 is 7.21. The molecule has 1 heterocycles. The van der Waals surface area contributed by atoms with Gasteiger partial charge in [0.2, 0.25) is 0 Å². The van der Waals surface area contributed by atoms with Gasteiger partial charge in [0, 0.05) is 20.0 Å². The first-order valence-corrected chi connectivity index (χ1v) is 6.95. The van der Waals surface area contributed by atoms with Crippen LogP contribution in [0, 0.1) is 6.92 Å². The summed E-state index contributed by atoms with van der Waals surface area (Å²) in [6.45, 7) is 4.26. The molecule has 84 valence electrons. The molecule has 1 aromatic carbocycles. The van der Waals surface area contributed by atoms with Crippen LogP contribution in [0.3, 0.4) is 0 Å². The van der Waals surface area contributed by atoms with Crippen LogP contribution in [-0.2, 0) is 6.42 Å². The number of nitrogens with zero attached hydrogens (tertiary/aromatic N) is 1. The molecular formula is C13H13Br2N. The summed E-state index contributed by atoms with van der Waals surface area (Å²) in [5, 5.41) is 1.17. The standard InChI is InChI=1S/C13H13Br2N/c1-3-4-9-7-11(14)10-5-8(2)6-12(15)13(10)16-9/h5-7H,3-4H2,1-2H3. The number of pyridine rings is 1. The third kappa shape index (κ3) is 2.30. The zero-order chi connectivity index (χ0) is 11.7. The van der Waals surface area contributed by atoms with Gasteiger partial charge in [-0.2, -0.15) is 0 Å². The van der Waals surface area contributed by atoms with Gasteiger partial charge in [-0.05, 0) is 53.0 Å². The van der Waals surface area contributed by atoms with Crippen molar-refractivity contribution in [2.45, 2.75) is 26.7 Å². The Kier molecular flexibility index (Phi) is 3.65. The molecule has 0 bridgehead atoms. The number of rotatable bonds is 2. The average molecular weight is 343 g/mol. The van der Waals surface area contributed by atoms with Gasteiger partial charge in [0.15, 0.2) is 0 Å². The Hall–Kier alpha value is -0.410. The van der Waals surface area contributed by atoms with Gasteiger partial charge in [0.25, 0.3) is 0 Å². The maximum absolute atomic E-state index is 4.69. The van der Waals surface area contributed by atoms with E-state index in [2.05, 4.69) is 68.9 Å². The van der Waals surface area contributed by atoms with Crippen molar-refractivity contribution in [2.24, 2.45) is 0 Å². The van der Waals surface area contributed by atoms with Gasteiger partial charge in [-0.1, -0.05) is 29.3 Å². The minimum atomic E-state index is 1.02. The first-order chi connectivity index (χ1) is 7.61. The van der Waals surface area contributed by atoms with E-state index in [1.165, 1.54) is 10.9 Å². The van der Waals surface area contributed by atoms with E-state index < -0.39 is 0 Å². The molecule has 0 saturated carbocycles. The minimum absolute atomic E-state index is 1.02. The molecule has 3 heteroatoms. The number of aryl methyl sites for hydroxylation is 2. The molecule has 0 aliphatic carbocycles. The monoisotopic (exact) mass is 341 g/mol. The maximum Gasteiger partial charge on any atom is 0.0858 e. The van der Waals surface area contributed by atoms with Gasteiger partial charge in [-0.15, -0.1) is 0 Å². The van der Waals surface area contributed by atoms with Crippen LogP contribution in [0.5, 0.6) is 0 Å². The zero-order valence-corrected chi connectivity index (χ0v) is 12.5. The Morgan fingerprint density at radius 3 is 2.56 bits per heavy atom. The predicted molar refractivity (Wildman–Crippen MR) is 75.9 cm³/mol. The Morgan fingerprint density at radius 2 is 1.88 bits per heavy atom. The summed E-state index contributed by atoms with van der Waals surface area (Å²) < 4.78 is 2.20. The molecule has 0 spiro atoms. The average Bonchev–Trinajstić information content (AvgIpc) is 2.20. The van der Waals surface area contributed by atoms with Crippen LogP contribution < -0.4 is 0 Å². The van der Waals surface area contributed by atoms with Gasteiger partial charge >= 0.3 is 0 Å². The first kappa shape index (κ1) is 12.1. The van der Waals surface area contributed by atoms with Crippen molar-refractivity contribution < 1.29 is 0 Å². The molecular weight excluding hydrogens is 330 g/mol. The highest BCUT2D eigenvalue weighted by Crippen LogP contribution is 2.30. The molecule has 0 saturated heterocycles. The molecule has 0 fully saturated rings. The molecule has 0 atom stereocenters. The van der Waals surface area contributed by atoms with Gasteiger partial charge in [0.1, 0.15) is 0 Å². The van der Waals surface area contributed by atoms with E-state index in [1.54, 1.807) is 0 Å². The normalized spacial score (nSPS) is 11.0. The number of hydrogen-bond donors (Lipinski definition) is 0. The second kappa shape index (κ2) is 4.84. The molecule has 2 rings (SSSR count). The first-order valence-electron chi connectivity index (χ1n) is 5.37.